The summed E-state index contributed by atoms with van der Waals surface area (Å²) in [6.07, 6.45) is -0.294. The number of aromatic hydroxyl groups is 1. The number of fused-ring (bicyclic) bond motifs is 2. The van der Waals surface area contributed by atoms with Crippen molar-refractivity contribution in [3.8, 4) is 11.5 Å². The van der Waals surface area contributed by atoms with Crippen molar-refractivity contribution >= 4 is 17.3 Å². The van der Waals surface area contributed by atoms with Crippen LogP contribution in [0.5, 0.6) is 11.5 Å². The lowest BCUT2D eigenvalue weighted by atomic mass is 10.0. The minimum absolute atomic E-state index is 0.119. The first-order valence-electron chi connectivity index (χ1n) is 8.59. The molecule has 2 aromatic carbocycles. The fourth-order valence-electron chi connectivity index (χ4n) is 3.51. The Morgan fingerprint density at radius 1 is 1.23 bits per heavy atom. The summed E-state index contributed by atoms with van der Waals surface area (Å²) < 4.78 is 11.5. The summed E-state index contributed by atoms with van der Waals surface area (Å²) in [5, 5.41) is 12.8. The number of benzene rings is 2. The zero-order valence-electron chi connectivity index (χ0n) is 14.6. The van der Waals surface area contributed by atoms with Gasteiger partial charge in [-0.25, -0.2) is 4.79 Å². The molecule has 134 valence electrons. The van der Waals surface area contributed by atoms with E-state index in [0.29, 0.717) is 17.1 Å². The highest BCUT2D eigenvalue weighted by Gasteiger charge is 2.46. The van der Waals surface area contributed by atoms with Crippen LogP contribution < -0.4 is 15.0 Å². The highest BCUT2D eigenvalue weighted by atomic mass is 16.5. The maximum Gasteiger partial charge on any atom is 0.345 e. The van der Waals surface area contributed by atoms with Crippen LogP contribution in [0.3, 0.4) is 0 Å². The van der Waals surface area contributed by atoms with E-state index in [-0.39, 0.29) is 18.0 Å². The number of hydrogen-bond donors (Lipinski definition) is 2. The van der Waals surface area contributed by atoms with Crippen molar-refractivity contribution in [2.45, 2.75) is 26.1 Å². The van der Waals surface area contributed by atoms with Crippen LogP contribution in [0.4, 0.5) is 11.4 Å². The Labute approximate surface area is 151 Å². The Bertz CT molecular complexity index is 876. The van der Waals surface area contributed by atoms with Crippen molar-refractivity contribution in [3.05, 3.63) is 59.9 Å². The number of anilines is 2. The molecular formula is C20H20N2O4. The number of allylic oxidation sites excluding steroid dienone is 1. The van der Waals surface area contributed by atoms with Gasteiger partial charge in [0.2, 0.25) is 0 Å². The molecule has 2 aliphatic rings. The second-order valence-electron chi connectivity index (χ2n) is 6.29. The number of esters is 1. The number of hydrogen-bond acceptors (Lipinski definition) is 6. The zero-order chi connectivity index (χ0) is 18.3. The van der Waals surface area contributed by atoms with E-state index in [4.69, 9.17) is 9.47 Å². The molecule has 26 heavy (non-hydrogen) atoms. The average molecular weight is 352 g/mol. The Balaban J connectivity index is 1.62. The Morgan fingerprint density at radius 2 is 1.96 bits per heavy atom. The second-order valence-corrected chi connectivity index (χ2v) is 6.29. The molecule has 0 saturated heterocycles. The van der Waals surface area contributed by atoms with E-state index in [1.807, 2.05) is 24.3 Å². The van der Waals surface area contributed by atoms with Gasteiger partial charge in [0.05, 0.1) is 11.4 Å². The van der Waals surface area contributed by atoms with Gasteiger partial charge in [-0.2, -0.15) is 0 Å². The van der Waals surface area contributed by atoms with Gasteiger partial charge in [-0.15, -0.1) is 0 Å². The standard InChI is InChI=1S/C20H20N2O4/c1-3-22-16-7-5-4-6-15(16)21-18-17(12(2)25-19(18)22)20(24)26-14-10-8-13(23)9-11-14/h4-11,18-19,21,23H,3H2,1-2H3/t18-,19-/m0/s1. The Kier molecular flexibility index (Phi) is 3.95. The highest BCUT2D eigenvalue weighted by molar-refractivity contribution is 5.94. The number of ether oxygens (including phenoxy) is 2. The first-order chi connectivity index (χ1) is 12.6. The fourth-order valence-corrected chi connectivity index (χ4v) is 3.51. The Hall–Kier alpha value is -3.15. The van der Waals surface area contributed by atoms with Crippen LogP contribution in [-0.4, -0.2) is 29.9 Å². The van der Waals surface area contributed by atoms with Crippen LogP contribution in [0.25, 0.3) is 0 Å². The lowest BCUT2D eigenvalue weighted by Crippen LogP contribution is -2.51. The lowest BCUT2D eigenvalue weighted by molar-refractivity contribution is -0.130. The number of phenolic OH excluding ortho intramolecular Hbond substituents is 1. The zero-order valence-corrected chi connectivity index (χ0v) is 14.6. The van der Waals surface area contributed by atoms with E-state index < -0.39 is 5.97 Å². The molecule has 2 N–H and O–H groups in total. The molecule has 6 nitrogen and oxygen atoms in total. The van der Waals surface area contributed by atoms with E-state index in [2.05, 4.69) is 17.1 Å². The van der Waals surface area contributed by atoms with Crippen LogP contribution in [0.2, 0.25) is 0 Å². The summed E-state index contributed by atoms with van der Waals surface area (Å²) in [7, 11) is 0. The van der Waals surface area contributed by atoms with E-state index in [1.165, 1.54) is 12.1 Å². The van der Waals surface area contributed by atoms with Crippen molar-refractivity contribution in [1.29, 1.82) is 0 Å². The van der Waals surface area contributed by atoms with Gasteiger partial charge in [-0.3, -0.25) is 0 Å². The summed E-state index contributed by atoms with van der Waals surface area (Å²) in [6, 6.07) is 13.7. The third-order valence-electron chi connectivity index (χ3n) is 4.71. The van der Waals surface area contributed by atoms with Crippen LogP contribution in [0.1, 0.15) is 13.8 Å². The number of para-hydroxylation sites is 2. The molecule has 2 atom stereocenters. The van der Waals surface area contributed by atoms with E-state index in [0.717, 1.165) is 17.9 Å². The van der Waals surface area contributed by atoms with Crippen LogP contribution >= 0.6 is 0 Å². The van der Waals surface area contributed by atoms with Crippen molar-refractivity contribution in [2.75, 3.05) is 16.8 Å². The number of nitrogens with one attached hydrogen (secondary N) is 1. The summed E-state index contributed by atoms with van der Waals surface area (Å²) in [4.78, 5) is 14.9. The van der Waals surface area contributed by atoms with Crippen molar-refractivity contribution < 1.29 is 19.4 Å². The first kappa shape index (κ1) is 16.3. The largest absolute Gasteiger partial charge is 0.508 e. The van der Waals surface area contributed by atoms with Gasteiger partial charge >= 0.3 is 5.97 Å². The number of rotatable bonds is 3. The molecule has 6 heteroatoms. The fraction of sp³-hybridized carbons (Fsp3) is 0.250. The quantitative estimate of drug-likeness (QED) is 0.653. The summed E-state index contributed by atoms with van der Waals surface area (Å²) >= 11 is 0. The minimum atomic E-state index is -0.455. The first-order valence-corrected chi connectivity index (χ1v) is 8.59. The van der Waals surface area contributed by atoms with Crippen LogP contribution in [-0.2, 0) is 9.53 Å². The van der Waals surface area contributed by atoms with Gasteiger partial charge in [0.15, 0.2) is 6.23 Å². The molecule has 4 rings (SSSR count). The number of carbonyl (C=O) groups excluding carboxylic acids is 1. The second kappa shape index (κ2) is 6.29. The third kappa shape index (κ3) is 2.63. The molecule has 0 bridgehead atoms. The van der Waals surface area contributed by atoms with Gasteiger partial charge in [-0.05, 0) is 50.2 Å². The molecule has 0 aromatic heterocycles. The molecule has 2 aromatic rings. The molecule has 0 spiro atoms. The molecule has 0 unspecified atom stereocenters. The van der Waals surface area contributed by atoms with Gasteiger partial charge in [0.1, 0.15) is 28.9 Å². The van der Waals surface area contributed by atoms with Crippen LogP contribution in [0, 0.1) is 0 Å². The average Bonchev–Trinajstić information content (AvgIpc) is 2.97. The van der Waals surface area contributed by atoms with Crippen molar-refractivity contribution in [3.63, 3.8) is 0 Å². The summed E-state index contributed by atoms with van der Waals surface area (Å²) in [5.74, 6) is 0.597. The molecule has 0 saturated carbocycles. The van der Waals surface area contributed by atoms with Gasteiger partial charge in [-0.1, -0.05) is 12.1 Å². The van der Waals surface area contributed by atoms with E-state index in [9.17, 15) is 9.90 Å². The van der Waals surface area contributed by atoms with E-state index in [1.54, 1.807) is 19.1 Å². The van der Waals surface area contributed by atoms with Crippen molar-refractivity contribution in [2.24, 2.45) is 0 Å². The third-order valence-corrected chi connectivity index (χ3v) is 4.71. The number of likely N-dealkylation sites (N-methyl/N-ethyl adjacent to an activating group) is 1. The number of carbonyl (C=O) groups is 1. The van der Waals surface area contributed by atoms with Gasteiger partial charge < -0.3 is 24.8 Å². The Morgan fingerprint density at radius 3 is 2.69 bits per heavy atom. The molecule has 0 aliphatic carbocycles. The lowest BCUT2D eigenvalue weighted by Gasteiger charge is -2.40. The van der Waals surface area contributed by atoms with E-state index >= 15 is 0 Å². The SMILES string of the molecule is CCN1c2ccccc2N[C@H]2C(C(=O)Oc3ccc(O)cc3)=C(C)O[C@@H]21. The van der Waals surface area contributed by atoms with Crippen molar-refractivity contribution in [1.82, 2.24) is 0 Å². The van der Waals surface area contributed by atoms with Gasteiger partial charge in [0.25, 0.3) is 0 Å². The summed E-state index contributed by atoms with van der Waals surface area (Å²) in [5.41, 5.74) is 2.50. The highest BCUT2D eigenvalue weighted by Crippen LogP contribution is 2.41. The monoisotopic (exact) mass is 352 g/mol. The van der Waals surface area contributed by atoms with Crippen LogP contribution in [0.15, 0.2) is 59.9 Å². The maximum absolute atomic E-state index is 12.8. The summed E-state index contributed by atoms with van der Waals surface area (Å²) in [6.45, 7) is 4.60. The molecule has 0 amide bonds. The van der Waals surface area contributed by atoms with Gasteiger partial charge in [0, 0.05) is 6.54 Å². The topological polar surface area (TPSA) is 71.0 Å². The molecule has 0 fully saturated rings. The normalized spacial score (nSPS) is 20.8. The number of phenols is 1. The minimum Gasteiger partial charge on any atom is -0.508 e. The molecule has 2 aliphatic heterocycles. The predicted octanol–water partition coefficient (Wildman–Crippen LogP) is 3.25. The molecule has 2 heterocycles. The number of nitrogens with zero attached hydrogens (tertiary/aromatic N) is 1. The molecular weight excluding hydrogens is 332 g/mol. The maximum atomic E-state index is 12.8. The predicted molar refractivity (Wildman–Crippen MR) is 98.2 cm³/mol. The molecule has 0 radical (unpaired) electrons. The smallest absolute Gasteiger partial charge is 0.345 e.